The summed E-state index contributed by atoms with van der Waals surface area (Å²) in [5.41, 5.74) is 1.22. The average Bonchev–Trinajstić information content (AvgIpc) is 3.24. The number of hydrogen-bond donors (Lipinski definition) is 3. The van der Waals surface area contributed by atoms with Gasteiger partial charge in [-0.3, -0.25) is 14.4 Å². The number of likely N-dealkylation sites (N-methyl/N-ethyl adjacent to an activating group) is 1. The van der Waals surface area contributed by atoms with Crippen LogP contribution in [0, 0.1) is 0 Å². The molecule has 0 radical (unpaired) electrons. The molecule has 2 aromatic heterocycles. The van der Waals surface area contributed by atoms with Gasteiger partial charge in [0, 0.05) is 19.7 Å². The van der Waals surface area contributed by atoms with Gasteiger partial charge in [-0.2, -0.15) is 9.40 Å². The molecular weight excluding hydrogens is 474 g/mol. The highest BCUT2D eigenvalue weighted by Gasteiger charge is 2.23. The number of H-pyrrole nitrogens is 1. The molecule has 4 rings (SSSR count). The Morgan fingerprint density at radius 2 is 1.80 bits per heavy atom. The van der Waals surface area contributed by atoms with Crippen molar-refractivity contribution in [1.29, 1.82) is 0 Å². The third-order valence-corrected chi connectivity index (χ3v) is 6.84. The summed E-state index contributed by atoms with van der Waals surface area (Å²) < 4.78 is 28.1. The molecule has 0 aliphatic heterocycles. The van der Waals surface area contributed by atoms with Crippen molar-refractivity contribution in [3.8, 4) is 5.69 Å². The molecule has 2 amide bonds. The SMILES string of the molecule is CC(=O)Nc1ccc(S(=O)(=O)N(C)CC(=O)Nc2ccccc2-n2ncc3c(=O)[nH]cnc32)cc1. The van der Waals surface area contributed by atoms with E-state index in [-0.39, 0.29) is 21.7 Å². The molecule has 2 aromatic carbocycles. The monoisotopic (exact) mass is 495 g/mol. The van der Waals surface area contributed by atoms with E-state index in [0.717, 1.165) is 4.31 Å². The standard InChI is InChI=1S/C22H21N7O5S/c1-14(30)26-15-7-9-16(10-8-15)35(33,34)28(2)12-20(31)27-18-5-3-4-6-19(18)29-21-17(11-25-29)22(32)24-13-23-21/h3-11,13H,12H2,1-2H3,(H,26,30)(H,27,31)(H,23,24,32). The van der Waals surface area contributed by atoms with Gasteiger partial charge in [0.05, 0.1) is 35.3 Å². The van der Waals surface area contributed by atoms with E-state index < -0.39 is 22.5 Å². The maximum atomic E-state index is 12.9. The summed E-state index contributed by atoms with van der Waals surface area (Å²) in [5.74, 6) is -0.860. The number of benzene rings is 2. The highest BCUT2D eigenvalue weighted by molar-refractivity contribution is 7.89. The van der Waals surface area contributed by atoms with Crippen LogP contribution in [0.4, 0.5) is 11.4 Å². The van der Waals surface area contributed by atoms with Gasteiger partial charge in [-0.25, -0.2) is 18.1 Å². The number of sulfonamides is 1. The zero-order chi connectivity index (χ0) is 25.2. The van der Waals surface area contributed by atoms with Crippen molar-refractivity contribution in [2.45, 2.75) is 11.8 Å². The predicted octanol–water partition coefficient (Wildman–Crippen LogP) is 1.33. The number of carbonyl (C=O) groups excluding carboxylic acids is 2. The zero-order valence-electron chi connectivity index (χ0n) is 18.7. The van der Waals surface area contributed by atoms with E-state index in [2.05, 4.69) is 25.7 Å². The molecule has 0 fully saturated rings. The van der Waals surface area contributed by atoms with Gasteiger partial charge in [-0.15, -0.1) is 0 Å². The van der Waals surface area contributed by atoms with E-state index in [1.807, 2.05) is 0 Å². The first-order valence-electron chi connectivity index (χ1n) is 10.3. The molecule has 0 bridgehead atoms. The first-order valence-corrected chi connectivity index (χ1v) is 11.8. The lowest BCUT2D eigenvalue weighted by atomic mass is 10.2. The Hall–Kier alpha value is -4.36. The third kappa shape index (κ3) is 4.95. The number of anilines is 2. The Morgan fingerprint density at radius 1 is 1.09 bits per heavy atom. The second kappa shape index (κ2) is 9.48. The number of aromatic amines is 1. The number of fused-ring (bicyclic) bond motifs is 1. The Balaban J connectivity index is 1.52. The lowest BCUT2D eigenvalue weighted by Gasteiger charge is -2.18. The Labute approximate surface area is 199 Å². The molecule has 35 heavy (non-hydrogen) atoms. The molecule has 0 aliphatic rings. The summed E-state index contributed by atoms with van der Waals surface area (Å²) in [6.45, 7) is 0.891. The van der Waals surface area contributed by atoms with Crippen LogP contribution in [0.1, 0.15) is 6.92 Å². The van der Waals surface area contributed by atoms with Gasteiger partial charge in [-0.1, -0.05) is 12.1 Å². The van der Waals surface area contributed by atoms with Crippen LogP contribution in [0.3, 0.4) is 0 Å². The normalized spacial score (nSPS) is 11.5. The number of para-hydroxylation sites is 2. The van der Waals surface area contributed by atoms with E-state index in [1.54, 1.807) is 24.3 Å². The van der Waals surface area contributed by atoms with E-state index in [1.165, 1.54) is 55.4 Å². The van der Waals surface area contributed by atoms with Gasteiger partial charge >= 0.3 is 0 Å². The summed E-state index contributed by atoms with van der Waals surface area (Å²) in [4.78, 5) is 42.5. The van der Waals surface area contributed by atoms with E-state index in [9.17, 15) is 22.8 Å². The number of amides is 2. The van der Waals surface area contributed by atoms with Gasteiger partial charge in [0.25, 0.3) is 5.56 Å². The summed E-state index contributed by atoms with van der Waals surface area (Å²) in [6.07, 6.45) is 2.63. The second-order valence-corrected chi connectivity index (χ2v) is 9.60. The van der Waals surface area contributed by atoms with Gasteiger partial charge in [0.15, 0.2) is 5.65 Å². The van der Waals surface area contributed by atoms with Gasteiger partial charge < -0.3 is 15.6 Å². The quantitative estimate of drug-likeness (QED) is 0.349. The van der Waals surface area contributed by atoms with Crippen LogP contribution in [-0.4, -0.2) is 57.9 Å². The molecule has 180 valence electrons. The van der Waals surface area contributed by atoms with Crippen molar-refractivity contribution >= 4 is 44.2 Å². The molecule has 0 spiro atoms. The Kier molecular flexibility index (Phi) is 6.44. The molecular formula is C22H21N7O5S. The smallest absolute Gasteiger partial charge is 0.261 e. The summed E-state index contributed by atoms with van der Waals surface area (Å²) >= 11 is 0. The number of rotatable bonds is 7. The molecule has 0 unspecified atom stereocenters. The first kappa shape index (κ1) is 23.8. The molecule has 3 N–H and O–H groups in total. The van der Waals surface area contributed by atoms with Gasteiger partial charge in [0.2, 0.25) is 21.8 Å². The zero-order valence-corrected chi connectivity index (χ0v) is 19.5. The fraction of sp³-hybridized carbons (Fsp3) is 0.136. The Bertz CT molecular complexity index is 1580. The van der Waals surface area contributed by atoms with E-state index >= 15 is 0 Å². The molecule has 13 heteroatoms. The van der Waals surface area contributed by atoms with Crippen LogP contribution in [0.5, 0.6) is 0 Å². The van der Waals surface area contributed by atoms with Crippen LogP contribution in [0.15, 0.2) is 70.7 Å². The molecule has 0 saturated heterocycles. The highest BCUT2D eigenvalue weighted by Crippen LogP contribution is 2.23. The van der Waals surface area contributed by atoms with Crippen LogP contribution >= 0.6 is 0 Å². The maximum absolute atomic E-state index is 12.9. The highest BCUT2D eigenvalue weighted by atomic mass is 32.2. The fourth-order valence-electron chi connectivity index (χ4n) is 3.37. The average molecular weight is 496 g/mol. The number of nitrogens with zero attached hydrogens (tertiary/aromatic N) is 4. The van der Waals surface area contributed by atoms with Crippen molar-refractivity contribution in [2.24, 2.45) is 0 Å². The minimum absolute atomic E-state index is 0.0263. The molecule has 0 aliphatic carbocycles. The lowest BCUT2D eigenvalue weighted by molar-refractivity contribution is -0.116. The van der Waals surface area contributed by atoms with Crippen LogP contribution < -0.4 is 16.2 Å². The topological polar surface area (TPSA) is 159 Å². The molecule has 0 saturated carbocycles. The van der Waals surface area contributed by atoms with E-state index in [0.29, 0.717) is 22.7 Å². The predicted molar refractivity (Wildman–Crippen MR) is 129 cm³/mol. The molecule has 0 atom stereocenters. The number of hydrogen-bond acceptors (Lipinski definition) is 7. The minimum Gasteiger partial charge on any atom is -0.326 e. The summed E-state index contributed by atoms with van der Waals surface area (Å²) in [6, 6.07) is 12.4. The fourth-order valence-corrected chi connectivity index (χ4v) is 4.49. The molecule has 4 aromatic rings. The maximum Gasteiger partial charge on any atom is 0.261 e. The van der Waals surface area contributed by atoms with Crippen molar-refractivity contribution in [1.82, 2.24) is 24.1 Å². The molecule has 12 nitrogen and oxygen atoms in total. The lowest BCUT2D eigenvalue weighted by Crippen LogP contribution is -2.35. The first-order chi connectivity index (χ1) is 16.7. The minimum atomic E-state index is -3.96. The van der Waals surface area contributed by atoms with Crippen LogP contribution in [0.2, 0.25) is 0 Å². The van der Waals surface area contributed by atoms with Crippen molar-refractivity contribution in [3.63, 3.8) is 0 Å². The summed E-state index contributed by atoms with van der Waals surface area (Å²) in [5, 5.41) is 9.75. The van der Waals surface area contributed by atoms with Crippen molar-refractivity contribution in [3.05, 3.63) is 71.4 Å². The van der Waals surface area contributed by atoms with Crippen LogP contribution in [-0.2, 0) is 19.6 Å². The van der Waals surface area contributed by atoms with Crippen molar-refractivity contribution in [2.75, 3.05) is 24.2 Å². The van der Waals surface area contributed by atoms with Crippen LogP contribution in [0.25, 0.3) is 16.7 Å². The largest absolute Gasteiger partial charge is 0.326 e. The third-order valence-electron chi connectivity index (χ3n) is 5.03. The Morgan fingerprint density at radius 3 is 2.51 bits per heavy atom. The van der Waals surface area contributed by atoms with Gasteiger partial charge in [0.1, 0.15) is 5.39 Å². The molecule has 2 heterocycles. The number of nitrogens with one attached hydrogen (secondary N) is 3. The summed E-state index contributed by atoms with van der Waals surface area (Å²) in [7, 11) is -2.67. The number of carbonyl (C=O) groups is 2. The second-order valence-electron chi connectivity index (χ2n) is 7.56. The van der Waals surface area contributed by atoms with Crippen molar-refractivity contribution < 1.29 is 18.0 Å². The van der Waals surface area contributed by atoms with E-state index in [4.69, 9.17) is 0 Å². The number of aromatic nitrogens is 4. The van der Waals surface area contributed by atoms with Gasteiger partial charge in [-0.05, 0) is 36.4 Å².